The van der Waals surface area contributed by atoms with Gasteiger partial charge >= 0.3 is 0 Å². The molecule has 1 nitrogen and oxygen atoms in total. The largest absolute Gasteiger partial charge is 0.221 e. The standard InChI is InChI=1S/C17H12N/c1-10-14-13-6-2-4-11-7-8-12-5-3-9-18(16(10)14)17(12)15(11)13/h2-9,14,16H,1H2/q+1. The molecule has 0 bridgehead atoms. The lowest BCUT2D eigenvalue weighted by molar-refractivity contribution is -0.672. The normalized spacial score (nSPS) is 23.7. The Morgan fingerprint density at radius 1 is 0.944 bits per heavy atom. The van der Waals surface area contributed by atoms with E-state index in [0.29, 0.717) is 12.0 Å². The maximum atomic E-state index is 4.25. The molecule has 3 aromatic rings. The van der Waals surface area contributed by atoms with Crippen LogP contribution in [-0.2, 0) is 0 Å². The molecule has 0 spiro atoms. The Balaban J connectivity index is 2.16. The number of fused-ring (bicyclic) bond motifs is 3. The van der Waals surface area contributed by atoms with Crippen LogP contribution in [0.15, 0.2) is 60.8 Å². The first-order valence-electron chi connectivity index (χ1n) is 6.40. The minimum atomic E-state index is 0.495. The summed E-state index contributed by atoms with van der Waals surface area (Å²) in [5, 5.41) is 4.10. The van der Waals surface area contributed by atoms with E-state index in [1.807, 2.05) is 0 Å². The molecule has 1 aliphatic heterocycles. The van der Waals surface area contributed by atoms with Crippen LogP contribution < -0.4 is 4.57 Å². The van der Waals surface area contributed by atoms with Gasteiger partial charge in [-0.15, -0.1) is 0 Å². The van der Waals surface area contributed by atoms with Gasteiger partial charge in [0.05, 0.1) is 11.3 Å². The lowest BCUT2D eigenvalue weighted by atomic mass is 9.95. The van der Waals surface area contributed by atoms with Crippen LogP contribution >= 0.6 is 0 Å². The molecule has 2 aliphatic rings. The first-order chi connectivity index (χ1) is 8.86. The van der Waals surface area contributed by atoms with Gasteiger partial charge in [-0.05, 0) is 23.1 Å². The molecule has 84 valence electrons. The number of hydrogen-bond acceptors (Lipinski definition) is 0. The van der Waals surface area contributed by atoms with Crippen molar-refractivity contribution in [1.29, 1.82) is 0 Å². The second-order valence-electron chi connectivity index (χ2n) is 5.36. The molecule has 1 saturated carbocycles. The van der Waals surface area contributed by atoms with Gasteiger partial charge in [-0.1, -0.05) is 30.8 Å². The number of allylic oxidation sites excluding steroid dienone is 1. The Bertz CT molecular complexity index is 789. The molecule has 2 heterocycles. The summed E-state index contributed by atoms with van der Waals surface area (Å²) in [6.07, 6.45) is 2.20. The number of pyridine rings is 1. The molecular weight excluding hydrogens is 218 g/mol. The summed E-state index contributed by atoms with van der Waals surface area (Å²) in [5.74, 6) is 0.541. The highest BCUT2D eigenvalue weighted by molar-refractivity contribution is 6.06. The fraction of sp³-hybridized carbons (Fsp3) is 0.118. The monoisotopic (exact) mass is 230 g/mol. The molecule has 2 atom stereocenters. The number of aromatic nitrogens is 1. The van der Waals surface area contributed by atoms with E-state index in [-0.39, 0.29) is 0 Å². The molecule has 0 amide bonds. The maximum Gasteiger partial charge on any atom is 0.221 e. The van der Waals surface area contributed by atoms with Crippen LogP contribution in [0.2, 0.25) is 0 Å². The van der Waals surface area contributed by atoms with Crippen LogP contribution in [0.3, 0.4) is 0 Å². The highest BCUT2D eigenvalue weighted by atomic mass is 15.1. The molecule has 5 rings (SSSR count). The zero-order valence-electron chi connectivity index (χ0n) is 9.93. The van der Waals surface area contributed by atoms with Crippen LogP contribution in [0.1, 0.15) is 17.5 Å². The zero-order chi connectivity index (χ0) is 11.9. The van der Waals surface area contributed by atoms with Crippen molar-refractivity contribution in [2.75, 3.05) is 0 Å². The van der Waals surface area contributed by atoms with Crippen molar-refractivity contribution >= 4 is 21.7 Å². The number of nitrogens with zero attached hydrogens (tertiary/aromatic N) is 1. The zero-order valence-corrected chi connectivity index (χ0v) is 9.93. The highest BCUT2D eigenvalue weighted by Crippen LogP contribution is 2.57. The second kappa shape index (κ2) is 2.64. The average Bonchev–Trinajstić information content (AvgIpc) is 3.09. The summed E-state index contributed by atoms with van der Waals surface area (Å²) in [4.78, 5) is 0. The number of hydrogen-bond donors (Lipinski definition) is 0. The minimum Gasteiger partial charge on any atom is -0.190 e. The first kappa shape index (κ1) is 8.87. The molecule has 0 saturated heterocycles. The third-order valence-electron chi connectivity index (χ3n) is 4.48. The Labute approximate surface area is 105 Å². The second-order valence-corrected chi connectivity index (χ2v) is 5.36. The summed E-state index contributed by atoms with van der Waals surface area (Å²) in [7, 11) is 0. The smallest absolute Gasteiger partial charge is 0.190 e. The lowest BCUT2D eigenvalue weighted by Gasteiger charge is -2.12. The van der Waals surface area contributed by atoms with Gasteiger partial charge in [0, 0.05) is 17.0 Å². The Morgan fingerprint density at radius 3 is 2.72 bits per heavy atom. The summed E-state index contributed by atoms with van der Waals surface area (Å²) in [5.41, 5.74) is 4.21. The minimum absolute atomic E-state index is 0.495. The summed E-state index contributed by atoms with van der Waals surface area (Å²) in [6, 6.07) is 16.0. The van der Waals surface area contributed by atoms with Gasteiger partial charge in [0.15, 0.2) is 12.2 Å². The molecule has 1 heteroatoms. The van der Waals surface area contributed by atoms with Crippen LogP contribution in [0.4, 0.5) is 0 Å². The van der Waals surface area contributed by atoms with Crippen molar-refractivity contribution in [3.8, 4) is 0 Å². The van der Waals surface area contributed by atoms with Crippen LogP contribution in [0, 0.1) is 0 Å². The third kappa shape index (κ3) is 0.819. The van der Waals surface area contributed by atoms with Gasteiger partial charge in [-0.3, -0.25) is 0 Å². The Morgan fingerprint density at radius 2 is 1.78 bits per heavy atom. The summed E-state index contributed by atoms with van der Waals surface area (Å²) < 4.78 is 2.41. The molecule has 1 aromatic heterocycles. The van der Waals surface area contributed by atoms with Crippen molar-refractivity contribution in [1.82, 2.24) is 0 Å². The lowest BCUT2D eigenvalue weighted by Crippen LogP contribution is -2.35. The highest BCUT2D eigenvalue weighted by Gasteiger charge is 2.55. The van der Waals surface area contributed by atoms with E-state index in [9.17, 15) is 0 Å². The van der Waals surface area contributed by atoms with Crippen molar-refractivity contribution < 1.29 is 4.57 Å². The molecule has 18 heavy (non-hydrogen) atoms. The molecular formula is C17H12N+. The Kier molecular flexibility index (Phi) is 1.30. The van der Waals surface area contributed by atoms with Gasteiger partial charge in [0.25, 0.3) is 0 Å². The predicted molar refractivity (Wildman–Crippen MR) is 72.6 cm³/mol. The Hall–Kier alpha value is -2.15. The van der Waals surface area contributed by atoms with Gasteiger partial charge in [0.2, 0.25) is 5.52 Å². The SMILES string of the molecule is C=C1C2c3cccc4ccc5ccc[n+](c5c34)C12. The average molecular weight is 230 g/mol. The van der Waals surface area contributed by atoms with E-state index in [1.54, 1.807) is 0 Å². The van der Waals surface area contributed by atoms with Gasteiger partial charge < -0.3 is 0 Å². The third-order valence-corrected chi connectivity index (χ3v) is 4.48. The van der Waals surface area contributed by atoms with Crippen LogP contribution in [0.25, 0.3) is 21.7 Å². The van der Waals surface area contributed by atoms with E-state index in [4.69, 9.17) is 0 Å². The molecule has 2 unspecified atom stereocenters. The molecule has 0 N–H and O–H groups in total. The fourth-order valence-corrected chi connectivity index (χ4v) is 3.63. The molecule has 1 aliphatic carbocycles. The maximum absolute atomic E-state index is 4.25. The molecule has 0 radical (unpaired) electrons. The fourth-order valence-electron chi connectivity index (χ4n) is 3.63. The van der Waals surface area contributed by atoms with Crippen molar-refractivity contribution in [2.24, 2.45) is 0 Å². The van der Waals surface area contributed by atoms with Crippen LogP contribution in [-0.4, -0.2) is 0 Å². The van der Waals surface area contributed by atoms with E-state index in [1.165, 1.54) is 32.8 Å². The van der Waals surface area contributed by atoms with E-state index < -0.39 is 0 Å². The number of benzene rings is 2. The van der Waals surface area contributed by atoms with Gasteiger partial charge in [0.1, 0.15) is 0 Å². The summed E-state index contributed by atoms with van der Waals surface area (Å²) in [6.45, 7) is 4.25. The molecule has 2 aromatic carbocycles. The topological polar surface area (TPSA) is 3.88 Å². The van der Waals surface area contributed by atoms with Crippen LogP contribution in [0.5, 0.6) is 0 Å². The quantitative estimate of drug-likeness (QED) is 0.316. The van der Waals surface area contributed by atoms with Gasteiger partial charge in [-0.25, -0.2) is 0 Å². The van der Waals surface area contributed by atoms with E-state index in [2.05, 4.69) is 59.8 Å². The summed E-state index contributed by atoms with van der Waals surface area (Å²) >= 11 is 0. The van der Waals surface area contributed by atoms with Crippen molar-refractivity contribution in [3.05, 3.63) is 66.4 Å². The number of rotatable bonds is 0. The first-order valence-corrected chi connectivity index (χ1v) is 6.40. The van der Waals surface area contributed by atoms with Crippen molar-refractivity contribution in [3.63, 3.8) is 0 Å². The van der Waals surface area contributed by atoms with Gasteiger partial charge in [-0.2, -0.15) is 4.57 Å². The van der Waals surface area contributed by atoms with E-state index >= 15 is 0 Å². The molecule has 1 fully saturated rings. The van der Waals surface area contributed by atoms with E-state index in [0.717, 1.165) is 0 Å². The van der Waals surface area contributed by atoms with Crippen molar-refractivity contribution in [2.45, 2.75) is 12.0 Å². The predicted octanol–water partition coefficient (Wildman–Crippen LogP) is 3.49.